The molecule has 0 radical (unpaired) electrons. The zero-order valence-corrected chi connectivity index (χ0v) is 16.4. The maximum absolute atomic E-state index is 12.1. The van der Waals surface area contributed by atoms with E-state index in [0.717, 1.165) is 0 Å². The van der Waals surface area contributed by atoms with Crippen LogP contribution < -0.4 is 11.1 Å². The van der Waals surface area contributed by atoms with Crippen molar-refractivity contribution >= 4 is 11.8 Å². The van der Waals surface area contributed by atoms with Crippen LogP contribution in [0.2, 0.25) is 0 Å². The third-order valence-corrected chi connectivity index (χ3v) is 5.13. The number of aromatic hydroxyl groups is 1. The lowest BCUT2D eigenvalue weighted by atomic mass is 9.98. The number of nitrogens with one attached hydrogen (secondary N) is 1. The van der Waals surface area contributed by atoms with Gasteiger partial charge in [0.15, 0.2) is 0 Å². The molecule has 3 aromatic carbocycles. The number of carbonyl (C=O) groups is 1. The fourth-order valence-electron chi connectivity index (χ4n) is 3.66. The van der Waals surface area contributed by atoms with Gasteiger partial charge in [0.05, 0.1) is 5.69 Å². The van der Waals surface area contributed by atoms with Crippen LogP contribution in [-0.4, -0.2) is 24.4 Å². The molecule has 1 aliphatic rings. The largest absolute Gasteiger partial charge is 0.506 e. The van der Waals surface area contributed by atoms with Crippen LogP contribution >= 0.6 is 0 Å². The first kappa shape index (κ1) is 19.4. The molecule has 30 heavy (non-hydrogen) atoms. The Bertz CT molecular complexity index is 1100. The number of fused-ring (bicyclic) bond motifs is 3. The van der Waals surface area contributed by atoms with Crippen molar-refractivity contribution in [2.75, 3.05) is 18.9 Å². The van der Waals surface area contributed by atoms with Crippen molar-refractivity contribution in [2.45, 2.75) is 12.3 Å². The van der Waals surface area contributed by atoms with E-state index in [1.54, 1.807) is 12.1 Å². The van der Waals surface area contributed by atoms with Crippen molar-refractivity contribution in [3.8, 4) is 28.7 Å². The molecular formula is C25H22N2O3. The molecule has 4 N–H and O–H groups in total. The van der Waals surface area contributed by atoms with Crippen LogP contribution in [0.4, 0.5) is 10.5 Å². The van der Waals surface area contributed by atoms with Gasteiger partial charge < -0.3 is 20.9 Å². The Morgan fingerprint density at radius 3 is 2.37 bits per heavy atom. The van der Waals surface area contributed by atoms with E-state index in [1.807, 2.05) is 24.3 Å². The Kier molecular flexibility index (Phi) is 5.58. The molecule has 1 amide bonds. The number of amides is 1. The van der Waals surface area contributed by atoms with Crippen LogP contribution in [0.1, 0.15) is 29.0 Å². The number of hydrogen-bond donors (Lipinski definition) is 3. The lowest BCUT2D eigenvalue weighted by molar-refractivity contribution is 0.143. The SMILES string of the molecule is Nc1ccc(C#CCCNC(=O)OCC2c3ccccc3-c3ccccc32)cc1O. The highest BCUT2D eigenvalue weighted by molar-refractivity contribution is 5.79. The zero-order valence-electron chi connectivity index (χ0n) is 16.4. The monoisotopic (exact) mass is 398 g/mol. The van der Waals surface area contributed by atoms with E-state index in [-0.39, 0.29) is 18.3 Å². The van der Waals surface area contributed by atoms with E-state index >= 15 is 0 Å². The van der Waals surface area contributed by atoms with Crippen LogP contribution in [0.5, 0.6) is 5.75 Å². The van der Waals surface area contributed by atoms with Crippen LogP contribution in [0.3, 0.4) is 0 Å². The summed E-state index contributed by atoms with van der Waals surface area (Å²) in [6, 6.07) is 21.3. The van der Waals surface area contributed by atoms with Gasteiger partial charge in [-0.25, -0.2) is 4.79 Å². The van der Waals surface area contributed by atoms with Crippen molar-refractivity contribution in [2.24, 2.45) is 0 Å². The topological polar surface area (TPSA) is 84.6 Å². The lowest BCUT2D eigenvalue weighted by Crippen LogP contribution is -2.26. The van der Waals surface area contributed by atoms with Gasteiger partial charge in [0.25, 0.3) is 0 Å². The maximum atomic E-state index is 12.1. The predicted molar refractivity (Wildman–Crippen MR) is 117 cm³/mol. The van der Waals surface area contributed by atoms with Gasteiger partial charge in [-0.3, -0.25) is 0 Å². The minimum Gasteiger partial charge on any atom is -0.506 e. The van der Waals surface area contributed by atoms with Gasteiger partial charge in [-0.2, -0.15) is 0 Å². The van der Waals surface area contributed by atoms with Crippen molar-refractivity contribution in [1.82, 2.24) is 5.32 Å². The minimum absolute atomic E-state index is 0.0126. The molecule has 0 fully saturated rings. The molecule has 1 aliphatic carbocycles. The molecule has 0 aromatic heterocycles. The highest BCUT2D eigenvalue weighted by Crippen LogP contribution is 2.44. The number of phenols is 1. The standard InChI is InChI=1S/C25H22N2O3/c26-23-13-12-17(15-24(23)28)7-5-6-14-27-25(29)30-16-22-20-10-3-1-8-18(20)19-9-2-4-11-21(19)22/h1-4,8-13,15,22,28H,6,14,16,26H2,(H,27,29). The molecule has 0 saturated heterocycles. The molecule has 5 heteroatoms. The Morgan fingerprint density at radius 2 is 1.70 bits per heavy atom. The molecule has 0 unspecified atom stereocenters. The molecule has 4 rings (SSSR count). The van der Waals surface area contributed by atoms with Crippen molar-refractivity contribution in [3.05, 3.63) is 83.4 Å². The van der Waals surface area contributed by atoms with Crippen molar-refractivity contribution < 1.29 is 14.6 Å². The molecular weight excluding hydrogens is 376 g/mol. The lowest BCUT2D eigenvalue weighted by Gasteiger charge is -2.14. The average Bonchev–Trinajstić information content (AvgIpc) is 3.08. The maximum Gasteiger partial charge on any atom is 0.407 e. The number of rotatable bonds is 4. The number of nitrogen functional groups attached to an aromatic ring is 1. The Labute approximate surface area is 175 Å². The number of phenolic OH excluding ortho intramolecular Hbond substituents is 1. The number of nitrogens with two attached hydrogens (primary N) is 1. The quantitative estimate of drug-likeness (QED) is 0.265. The summed E-state index contributed by atoms with van der Waals surface area (Å²) in [6.07, 6.45) is 0.0128. The minimum atomic E-state index is -0.455. The van der Waals surface area contributed by atoms with Gasteiger partial charge in [-0.1, -0.05) is 60.4 Å². The van der Waals surface area contributed by atoms with Crippen LogP contribution in [-0.2, 0) is 4.74 Å². The first-order chi connectivity index (χ1) is 14.6. The van der Waals surface area contributed by atoms with E-state index in [2.05, 4.69) is 41.4 Å². The Hall–Kier alpha value is -3.91. The van der Waals surface area contributed by atoms with Crippen molar-refractivity contribution in [3.63, 3.8) is 0 Å². The molecule has 0 aliphatic heterocycles. The van der Waals surface area contributed by atoms with Gasteiger partial charge in [-0.15, -0.1) is 0 Å². The Morgan fingerprint density at radius 1 is 1.03 bits per heavy atom. The average molecular weight is 398 g/mol. The second kappa shape index (κ2) is 8.62. The second-order valence-electron chi connectivity index (χ2n) is 7.08. The smallest absolute Gasteiger partial charge is 0.407 e. The number of benzene rings is 3. The molecule has 0 bridgehead atoms. The van der Waals surface area contributed by atoms with Gasteiger partial charge >= 0.3 is 6.09 Å². The summed E-state index contributed by atoms with van der Waals surface area (Å²) in [5.41, 5.74) is 11.3. The molecule has 0 atom stereocenters. The molecule has 150 valence electrons. The van der Waals surface area contributed by atoms with E-state index in [4.69, 9.17) is 10.5 Å². The van der Waals surface area contributed by atoms with E-state index in [9.17, 15) is 9.90 Å². The summed E-state index contributed by atoms with van der Waals surface area (Å²) >= 11 is 0. The van der Waals surface area contributed by atoms with Crippen LogP contribution in [0.15, 0.2) is 66.7 Å². The normalized spacial score (nSPS) is 11.7. The summed E-state index contributed by atoms with van der Waals surface area (Å²) in [7, 11) is 0. The second-order valence-corrected chi connectivity index (χ2v) is 7.08. The summed E-state index contributed by atoms with van der Waals surface area (Å²) in [5.74, 6) is 5.94. The number of hydrogen-bond acceptors (Lipinski definition) is 4. The Balaban J connectivity index is 1.29. The summed E-state index contributed by atoms with van der Waals surface area (Å²) in [6.45, 7) is 0.668. The number of anilines is 1. The third kappa shape index (κ3) is 4.08. The van der Waals surface area contributed by atoms with E-state index in [1.165, 1.54) is 28.3 Å². The fraction of sp³-hybridized carbons (Fsp3) is 0.160. The fourth-order valence-corrected chi connectivity index (χ4v) is 3.66. The highest BCUT2D eigenvalue weighted by atomic mass is 16.5. The van der Waals surface area contributed by atoms with E-state index in [0.29, 0.717) is 24.2 Å². The third-order valence-electron chi connectivity index (χ3n) is 5.13. The zero-order chi connectivity index (χ0) is 20.9. The van der Waals surface area contributed by atoms with E-state index < -0.39 is 6.09 Å². The number of carbonyl (C=O) groups excluding carboxylic acids is 1. The van der Waals surface area contributed by atoms with Gasteiger partial charge in [-0.05, 0) is 40.5 Å². The highest BCUT2D eigenvalue weighted by Gasteiger charge is 2.28. The van der Waals surface area contributed by atoms with Crippen molar-refractivity contribution in [1.29, 1.82) is 0 Å². The molecule has 5 nitrogen and oxygen atoms in total. The predicted octanol–water partition coefficient (Wildman–Crippen LogP) is 4.25. The first-order valence-corrected chi connectivity index (χ1v) is 9.79. The number of alkyl carbamates (subject to hydrolysis) is 1. The van der Waals surface area contributed by atoms with Gasteiger partial charge in [0.2, 0.25) is 0 Å². The molecule has 0 heterocycles. The summed E-state index contributed by atoms with van der Waals surface area (Å²) in [4.78, 5) is 12.1. The van der Waals surface area contributed by atoms with Gasteiger partial charge in [0, 0.05) is 24.4 Å². The number of ether oxygens (including phenoxy) is 1. The van der Waals surface area contributed by atoms with Crippen LogP contribution in [0, 0.1) is 11.8 Å². The van der Waals surface area contributed by atoms with Gasteiger partial charge in [0.1, 0.15) is 12.4 Å². The molecule has 0 saturated carbocycles. The van der Waals surface area contributed by atoms with Crippen LogP contribution in [0.25, 0.3) is 11.1 Å². The summed E-state index contributed by atoms with van der Waals surface area (Å²) in [5, 5.41) is 12.3. The molecule has 0 spiro atoms. The first-order valence-electron chi connectivity index (χ1n) is 9.79. The summed E-state index contributed by atoms with van der Waals surface area (Å²) < 4.78 is 5.49. The molecule has 3 aromatic rings.